The smallest absolute Gasteiger partial charge is 0.437 e. The van der Waals surface area contributed by atoms with Gasteiger partial charge in [-0.05, 0) is 42.0 Å². The molecule has 1 fully saturated rings. The van der Waals surface area contributed by atoms with Gasteiger partial charge in [0.15, 0.2) is 17.3 Å². The summed E-state index contributed by atoms with van der Waals surface area (Å²) in [6, 6.07) is 6.57. The maximum Gasteiger partial charge on any atom is 0.437 e. The number of halogens is 4. The van der Waals surface area contributed by atoms with Crippen molar-refractivity contribution >= 4 is 23.4 Å². The first kappa shape index (κ1) is 20.3. The second-order valence-corrected chi connectivity index (χ2v) is 7.24. The van der Waals surface area contributed by atoms with Crippen molar-refractivity contribution in [3.05, 3.63) is 58.6 Å². The van der Waals surface area contributed by atoms with Crippen LogP contribution in [0.25, 0.3) is 0 Å². The van der Waals surface area contributed by atoms with Crippen LogP contribution >= 0.6 is 11.6 Å². The zero-order valence-electron chi connectivity index (χ0n) is 15.0. The van der Waals surface area contributed by atoms with E-state index in [0.717, 1.165) is 0 Å². The summed E-state index contributed by atoms with van der Waals surface area (Å²) in [5.74, 6) is -2.57. The standard InChI is InChI=1S/C19H14ClF3N2O5/c20-11-4-1-9(2-5-11)16(26)14-15(10-3-6-12-13(7-10)30-8-29-12)24-17(27)25-18(14,28)19(21,22)23/h1-7,14-15,28H,8H2,(H2,24,25,27)/t14-,15+,18-/m0/s1. The van der Waals surface area contributed by atoms with Gasteiger partial charge in [-0.25, -0.2) is 4.79 Å². The number of carbonyl (C=O) groups excluding carboxylic acids is 2. The van der Waals surface area contributed by atoms with Gasteiger partial charge in [-0.3, -0.25) is 4.79 Å². The lowest BCUT2D eigenvalue weighted by Crippen LogP contribution is -2.72. The maximum atomic E-state index is 13.9. The van der Waals surface area contributed by atoms with Crippen LogP contribution in [0.1, 0.15) is 22.0 Å². The highest BCUT2D eigenvalue weighted by Crippen LogP contribution is 2.45. The number of hydrogen-bond donors (Lipinski definition) is 3. The molecule has 0 aliphatic carbocycles. The molecule has 2 aliphatic heterocycles. The van der Waals surface area contributed by atoms with Crippen LogP contribution < -0.4 is 20.1 Å². The first-order valence-corrected chi connectivity index (χ1v) is 9.05. The van der Waals surface area contributed by atoms with Crippen molar-refractivity contribution in [1.82, 2.24) is 10.6 Å². The normalized spacial score (nSPS) is 25.4. The van der Waals surface area contributed by atoms with E-state index in [9.17, 15) is 27.9 Å². The zero-order chi connectivity index (χ0) is 21.7. The Bertz CT molecular complexity index is 1010. The van der Waals surface area contributed by atoms with Crippen LogP contribution in [0.4, 0.5) is 18.0 Å². The van der Waals surface area contributed by atoms with Gasteiger partial charge in [-0.15, -0.1) is 0 Å². The maximum absolute atomic E-state index is 13.9. The van der Waals surface area contributed by atoms with Gasteiger partial charge in [-0.2, -0.15) is 13.2 Å². The predicted octanol–water partition coefficient (Wildman–Crippen LogP) is 3.17. The topological polar surface area (TPSA) is 96.9 Å². The number of nitrogens with one attached hydrogen (secondary N) is 2. The molecule has 2 heterocycles. The molecule has 2 amide bonds. The predicted molar refractivity (Wildman–Crippen MR) is 97.3 cm³/mol. The van der Waals surface area contributed by atoms with Crippen LogP contribution in [0.5, 0.6) is 11.5 Å². The minimum absolute atomic E-state index is 0.0724. The largest absolute Gasteiger partial charge is 0.454 e. The molecule has 30 heavy (non-hydrogen) atoms. The van der Waals surface area contributed by atoms with E-state index in [1.54, 1.807) is 0 Å². The van der Waals surface area contributed by atoms with Crippen molar-refractivity contribution in [1.29, 1.82) is 0 Å². The number of carbonyl (C=O) groups is 2. The summed E-state index contributed by atoms with van der Waals surface area (Å²) < 4.78 is 52.1. The molecular formula is C19H14ClF3N2O5. The monoisotopic (exact) mass is 442 g/mol. The minimum Gasteiger partial charge on any atom is -0.454 e. The molecule has 11 heteroatoms. The third-order valence-corrected chi connectivity index (χ3v) is 5.23. The molecular weight excluding hydrogens is 429 g/mol. The summed E-state index contributed by atoms with van der Waals surface area (Å²) in [5, 5.41) is 14.6. The van der Waals surface area contributed by atoms with Crippen LogP contribution in [0, 0.1) is 5.92 Å². The number of fused-ring (bicyclic) bond motifs is 1. The van der Waals surface area contributed by atoms with Crippen LogP contribution in [0.2, 0.25) is 5.02 Å². The van der Waals surface area contributed by atoms with Gasteiger partial charge in [0.05, 0.1) is 6.04 Å². The molecule has 7 nitrogen and oxygen atoms in total. The van der Waals surface area contributed by atoms with Crippen LogP contribution in [-0.2, 0) is 0 Å². The summed E-state index contributed by atoms with van der Waals surface area (Å²) in [7, 11) is 0. The summed E-state index contributed by atoms with van der Waals surface area (Å²) in [6.45, 7) is -0.0724. The van der Waals surface area contributed by atoms with Crippen LogP contribution in [0.3, 0.4) is 0 Å². The average molecular weight is 443 g/mol. The molecule has 2 aromatic carbocycles. The van der Waals surface area contributed by atoms with Gasteiger partial charge in [0.25, 0.3) is 0 Å². The lowest BCUT2D eigenvalue weighted by Gasteiger charge is -2.45. The fourth-order valence-electron chi connectivity index (χ4n) is 3.52. The Balaban J connectivity index is 1.84. The Labute approximate surface area is 172 Å². The Hall–Kier alpha value is -2.98. The number of urea groups is 1. The van der Waals surface area contributed by atoms with Crippen molar-refractivity contribution in [2.45, 2.75) is 17.9 Å². The van der Waals surface area contributed by atoms with Gasteiger partial charge in [-0.1, -0.05) is 17.7 Å². The molecule has 2 aliphatic rings. The van der Waals surface area contributed by atoms with Crippen LogP contribution in [-0.4, -0.2) is 35.6 Å². The van der Waals surface area contributed by atoms with E-state index < -0.39 is 35.7 Å². The summed E-state index contributed by atoms with van der Waals surface area (Å²) in [6.07, 6.45) is -5.34. The molecule has 1 saturated heterocycles. The Morgan fingerprint density at radius 3 is 2.47 bits per heavy atom. The highest BCUT2D eigenvalue weighted by Gasteiger charge is 2.66. The Morgan fingerprint density at radius 1 is 1.13 bits per heavy atom. The van der Waals surface area contributed by atoms with E-state index in [2.05, 4.69) is 5.32 Å². The van der Waals surface area contributed by atoms with Crippen molar-refractivity contribution < 1.29 is 37.3 Å². The van der Waals surface area contributed by atoms with Gasteiger partial charge in [0.2, 0.25) is 12.5 Å². The fourth-order valence-corrected chi connectivity index (χ4v) is 3.64. The lowest BCUT2D eigenvalue weighted by molar-refractivity contribution is -0.287. The lowest BCUT2D eigenvalue weighted by atomic mass is 9.77. The number of benzene rings is 2. The molecule has 0 saturated carbocycles. The third-order valence-electron chi connectivity index (χ3n) is 4.97. The second-order valence-electron chi connectivity index (χ2n) is 6.80. The highest BCUT2D eigenvalue weighted by molar-refractivity contribution is 6.30. The third kappa shape index (κ3) is 3.31. The van der Waals surface area contributed by atoms with Crippen molar-refractivity contribution in [3.63, 3.8) is 0 Å². The van der Waals surface area contributed by atoms with Crippen LogP contribution in [0.15, 0.2) is 42.5 Å². The van der Waals surface area contributed by atoms with Crippen molar-refractivity contribution in [3.8, 4) is 11.5 Å². The van der Waals surface area contributed by atoms with E-state index in [-0.39, 0.29) is 28.7 Å². The summed E-state index contributed by atoms with van der Waals surface area (Å²) >= 11 is 5.79. The molecule has 0 radical (unpaired) electrons. The van der Waals surface area contributed by atoms with E-state index in [1.807, 2.05) is 0 Å². The molecule has 0 bridgehead atoms. The van der Waals surface area contributed by atoms with E-state index >= 15 is 0 Å². The fraction of sp³-hybridized carbons (Fsp3) is 0.263. The minimum atomic E-state index is -5.34. The summed E-state index contributed by atoms with van der Waals surface area (Å²) in [4.78, 5) is 25.2. The number of Topliss-reactive ketones (excluding diaryl/α,β-unsaturated/α-hetero) is 1. The SMILES string of the molecule is O=C1N[C@H](c2ccc3c(c2)OCO3)[C@@H](C(=O)c2ccc(Cl)cc2)[C@](O)(C(F)(F)F)N1. The average Bonchev–Trinajstić information content (AvgIpc) is 3.14. The number of alkyl halides is 3. The molecule has 4 rings (SSSR count). The number of hydrogen-bond acceptors (Lipinski definition) is 5. The molecule has 158 valence electrons. The molecule has 0 aromatic heterocycles. The van der Waals surface area contributed by atoms with Crippen molar-refractivity contribution in [2.75, 3.05) is 6.79 Å². The Morgan fingerprint density at radius 2 is 1.80 bits per heavy atom. The summed E-state index contributed by atoms with van der Waals surface area (Å²) in [5.41, 5.74) is -3.80. The van der Waals surface area contributed by atoms with E-state index in [4.69, 9.17) is 21.1 Å². The highest BCUT2D eigenvalue weighted by atomic mass is 35.5. The number of rotatable bonds is 3. The molecule has 0 unspecified atom stereocenters. The second kappa shape index (κ2) is 7.06. The van der Waals surface area contributed by atoms with E-state index in [1.165, 1.54) is 47.8 Å². The van der Waals surface area contributed by atoms with E-state index in [0.29, 0.717) is 5.75 Å². The zero-order valence-corrected chi connectivity index (χ0v) is 15.8. The van der Waals surface area contributed by atoms with Gasteiger partial charge >= 0.3 is 12.2 Å². The molecule has 0 spiro atoms. The molecule has 3 N–H and O–H groups in total. The Kier molecular flexibility index (Phi) is 4.78. The quantitative estimate of drug-likeness (QED) is 0.634. The number of aliphatic hydroxyl groups is 1. The number of ketones is 1. The first-order chi connectivity index (χ1) is 14.1. The molecule has 3 atom stereocenters. The number of amides is 2. The van der Waals surface area contributed by atoms with Crippen molar-refractivity contribution in [2.24, 2.45) is 5.92 Å². The molecule has 2 aromatic rings. The van der Waals surface area contributed by atoms with Gasteiger partial charge in [0.1, 0.15) is 5.92 Å². The van der Waals surface area contributed by atoms with Gasteiger partial charge < -0.3 is 25.2 Å². The van der Waals surface area contributed by atoms with Gasteiger partial charge in [0, 0.05) is 10.6 Å². The number of ether oxygens (including phenoxy) is 2. The first-order valence-electron chi connectivity index (χ1n) is 8.67.